The van der Waals surface area contributed by atoms with E-state index in [4.69, 9.17) is 28.1 Å². The van der Waals surface area contributed by atoms with Crippen molar-refractivity contribution in [2.24, 2.45) is 0 Å². The van der Waals surface area contributed by atoms with Gasteiger partial charge in [0.2, 0.25) is 0 Å². The fraction of sp³-hybridized carbons (Fsp3) is 0.200. The predicted octanol–water partition coefficient (Wildman–Crippen LogP) is 3.25. The summed E-state index contributed by atoms with van der Waals surface area (Å²) in [5, 5.41) is 0.723. The maximum atomic E-state index is 6.00. The van der Waals surface area contributed by atoms with Crippen molar-refractivity contribution >= 4 is 35.1 Å². The summed E-state index contributed by atoms with van der Waals surface area (Å²) in [6, 6.07) is 5.70. The topological polar surface area (TPSA) is 12.5 Å². The van der Waals surface area contributed by atoms with Crippen LogP contribution in [0.25, 0.3) is 6.08 Å². The van der Waals surface area contributed by atoms with Crippen molar-refractivity contribution in [1.29, 1.82) is 0 Å². The standard InChI is InChI=1S/C10H9Cl2NO/c1-14-9-2-3-10-7(5-9)4-8(11)6-13(10)12/h2-5H,6H2,1H3. The molecule has 74 valence electrons. The molecule has 0 N–H and O–H groups in total. The molecule has 1 aromatic carbocycles. The van der Waals surface area contributed by atoms with E-state index in [9.17, 15) is 0 Å². The van der Waals surface area contributed by atoms with E-state index in [0.717, 1.165) is 22.0 Å². The zero-order valence-corrected chi connectivity index (χ0v) is 9.14. The molecule has 1 heterocycles. The van der Waals surface area contributed by atoms with Gasteiger partial charge >= 0.3 is 0 Å². The summed E-state index contributed by atoms with van der Waals surface area (Å²) in [4.78, 5) is 0. The molecule has 0 fully saturated rings. The highest BCUT2D eigenvalue weighted by Crippen LogP contribution is 2.33. The Labute approximate surface area is 92.8 Å². The highest BCUT2D eigenvalue weighted by Gasteiger charge is 2.15. The summed E-state index contributed by atoms with van der Waals surface area (Å²) >= 11 is 11.9. The van der Waals surface area contributed by atoms with E-state index in [1.807, 2.05) is 24.3 Å². The molecule has 0 aliphatic carbocycles. The van der Waals surface area contributed by atoms with Crippen molar-refractivity contribution in [3.63, 3.8) is 0 Å². The van der Waals surface area contributed by atoms with Gasteiger partial charge in [0.25, 0.3) is 0 Å². The van der Waals surface area contributed by atoms with Crippen LogP contribution in [-0.4, -0.2) is 13.7 Å². The second-order valence-electron chi connectivity index (χ2n) is 3.04. The van der Waals surface area contributed by atoms with Gasteiger partial charge in [-0.25, -0.2) is 0 Å². The number of rotatable bonds is 1. The molecule has 0 unspecified atom stereocenters. The first kappa shape index (κ1) is 9.69. The largest absolute Gasteiger partial charge is 0.497 e. The summed E-state index contributed by atoms with van der Waals surface area (Å²) in [6.07, 6.45) is 1.90. The lowest BCUT2D eigenvalue weighted by molar-refractivity contribution is 0.414. The van der Waals surface area contributed by atoms with Gasteiger partial charge < -0.3 is 4.74 Å². The van der Waals surface area contributed by atoms with E-state index in [2.05, 4.69) is 0 Å². The van der Waals surface area contributed by atoms with E-state index < -0.39 is 0 Å². The van der Waals surface area contributed by atoms with Gasteiger partial charge in [-0.2, -0.15) is 0 Å². The molecule has 0 saturated carbocycles. The van der Waals surface area contributed by atoms with Crippen molar-refractivity contribution in [2.75, 3.05) is 18.1 Å². The van der Waals surface area contributed by atoms with Gasteiger partial charge in [0, 0.05) is 22.4 Å². The summed E-state index contributed by atoms with van der Waals surface area (Å²) in [7, 11) is 1.63. The van der Waals surface area contributed by atoms with Gasteiger partial charge in [-0.15, -0.1) is 0 Å². The minimum atomic E-state index is 0.544. The Bertz CT molecular complexity index is 390. The second-order valence-corrected chi connectivity index (χ2v) is 3.93. The molecule has 0 aromatic heterocycles. The van der Waals surface area contributed by atoms with E-state index in [1.54, 1.807) is 11.5 Å². The van der Waals surface area contributed by atoms with Gasteiger partial charge in [0.05, 0.1) is 19.3 Å². The Morgan fingerprint density at radius 1 is 1.43 bits per heavy atom. The first-order valence-electron chi connectivity index (χ1n) is 4.18. The second kappa shape index (κ2) is 3.71. The van der Waals surface area contributed by atoms with Crippen LogP contribution >= 0.6 is 23.4 Å². The van der Waals surface area contributed by atoms with Crippen LogP contribution in [0, 0.1) is 0 Å². The van der Waals surface area contributed by atoms with Crippen LogP contribution in [0.2, 0.25) is 0 Å². The van der Waals surface area contributed by atoms with E-state index >= 15 is 0 Å². The SMILES string of the molecule is COc1ccc2c(c1)C=C(Cl)CN2Cl. The molecule has 1 aromatic rings. The molecule has 0 bridgehead atoms. The third-order valence-electron chi connectivity index (χ3n) is 2.10. The van der Waals surface area contributed by atoms with Gasteiger partial charge in [0.1, 0.15) is 5.75 Å². The van der Waals surface area contributed by atoms with Crippen molar-refractivity contribution < 1.29 is 4.74 Å². The zero-order chi connectivity index (χ0) is 10.1. The van der Waals surface area contributed by atoms with E-state index in [-0.39, 0.29) is 0 Å². The lowest BCUT2D eigenvalue weighted by Gasteiger charge is -2.22. The monoisotopic (exact) mass is 229 g/mol. The lowest BCUT2D eigenvalue weighted by Crippen LogP contribution is -2.16. The van der Waals surface area contributed by atoms with Gasteiger partial charge in [0.15, 0.2) is 0 Å². The average molecular weight is 230 g/mol. The van der Waals surface area contributed by atoms with Crippen molar-refractivity contribution in [2.45, 2.75) is 0 Å². The van der Waals surface area contributed by atoms with Crippen molar-refractivity contribution in [1.82, 2.24) is 0 Å². The van der Waals surface area contributed by atoms with Crippen LogP contribution in [-0.2, 0) is 0 Å². The molecule has 2 nitrogen and oxygen atoms in total. The Hall–Kier alpha value is -0.860. The van der Waals surface area contributed by atoms with Crippen LogP contribution in [0.15, 0.2) is 23.2 Å². The van der Waals surface area contributed by atoms with Crippen LogP contribution in [0.5, 0.6) is 5.75 Å². The Morgan fingerprint density at radius 2 is 2.21 bits per heavy atom. The van der Waals surface area contributed by atoms with Gasteiger partial charge in [-0.1, -0.05) is 11.6 Å². The highest BCUT2D eigenvalue weighted by atomic mass is 35.5. The molecule has 2 rings (SSSR count). The quantitative estimate of drug-likeness (QED) is 0.686. The third-order valence-corrected chi connectivity index (χ3v) is 2.63. The predicted molar refractivity (Wildman–Crippen MR) is 60.0 cm³/mol. The molecule has 0 saturated heterocycles. The maximum absolute atomic E-state index is 6.00. The minimum absolute atomic E-state index is 0.544. The normalized spacial score (nSPS) is 14.8. The van der Waals surface area contributed by atoms with Gasteiger partial charge in [-0.05, 0) is 24.3 Å². The van der Waals surface area contributed by atoms with Gasteiger partial charge in [-0.3, -0.25) is 4.42 Å². The van der Waals surface area contributed by atoms with E-state index in [1.165, 1.54) is 0 Å². The summed E-state index contributed by atoms with van der Waals surface area (Å²) < 4.78 is 6.71. The number of methoxy groups -OCH3 is 1. The highest BCUT2D eigenvalue weighted by molar-refractivity contribution is 6.35. The van der Waals surface area contributed by atoms with Crippen molar-refractivity contribution in [3.05, 3.63) is 28.8 Å². The third kappa shape index (κ3) is 1.68. The molecule has 1 aliphatic heterocycles. The first-order chi connectivity index (χ1) is 6.70. The number of anilines is 1. The molecule has 0 radical (unpaired) electrons. The van der Waals surface area contributed by atoms with Crippen molar-refractivity contribution in [3.8, 4) is 5.75 Å². The molecule has 4 heteroatoms. The number of benzene rings is 1. The lowest BCUT2D eigenvalue weighted by atomic mass is 10.1. The molecule has 0 amide bonds. The number of hydrogen-bond acceptors (Lipinski definition) is 2. The summed E-state index contributed by atoms with van der Waals surface area (Å²) in [5.41, 5.74) is 1.94. The zero-order valence-electron chi connectivity index (χ0n) is 7.63. The maximum Gasteiger partial charge on any atom is 0.119 e. The number of ether oxygens (including phenoxy) is 1. The van der Waals surface area contributed by atoms with Crippen LogP contribution < -0.4 is 9.16 Å². The number of hydrogen-bond donors (Lipinski definition) is 0. The fourth-order valence-corrected chi connectivity index (χ4v) is 2.01. The molecule has 14 heavy (non-hydrogen) atoms. The Morgan fingerprint density at radius 3 is 2.93 bits per heavy atom. The minimum Gasteiger partial charge on any atom is -0.497 e. The molecular formula is C10H9Cl2NO. The average Bonchev–Trinajstić information content (AvgIpc) is 2.16. The fourth-order valence-electron chi connectivity index (χ4n) is 1.43. The molecule has 0 atom stereocenters. The number of halogens is 2. The Kier molecular flexibility index (Phi) is 2.57. The molecule has 1 aliphatic rings. The molecular weight excluding hydrogens is 221 g/mol. The number of nitrogens with zero attached hydrogens (tertiary/aromatic N) is 1. The first-order valence-corrected chi connectivity index (χ1v) is 4.90. The number of fused-ring (bicyclic) bond motifs is 1. The smallest absolute Gasteiger partial charge is 0.119 e. The van der Waals surface area contributed by atoms with Crippen LogP contribution in [0.4, 0.5) is 5.69 Å². The van der Waals surface area contributed by atoms with Crippen LogP contribution in [0.3, 0.4) is 0 Å². The van der Waals surface area contributed by atoms with Crippen LogP contribution in [0.1, 0.15) is 5.56 Å². The molecule has 0 spiro atoms. The van der Waals surface area contributed by atoms with E-state index in [0.29, 0.717) is 6.54 Å². The summed E-state index contributed by atoms with van der Waals surface area (Å²) in [5.74, 6) is 0.802. The summed E-state index contributed by atoms with van der Waals surface area (Å²) in [6.45, 7) is 0.544. The Balaban J connectivity index is 2.50.